The number of fused-ring (bicyclic) bond motifs is 2. The molecule has 0 aliphatic carbocycles. The van der Waals surface area contributed by atoms with Gasteiger partial charge in [-0.05, 0) is 37.3 Å². The highest BCUT2D eigenvalue weighted by Crippen LogP contribution is 2.25. The first kappa shape index (κ1) is 18.3. The lowest BCUT2D eigenvalue weighted by atomic mass is 10.1. The number of hydrogen-bond acceptors (Lipinski definition) is 4. The number of hydrogen-bond donors (Lipinski definition) is 2. The van der Waals surface area contributed by atoms with Gasteiger partial charge in [0.15, 0.2) is 0 Å². The second kappa shape index (κ2) is 7.52. The van der Waals surface area contributed by atoms with E-state index in [1.165, 1.54) is 5.56 Å². The van der Waals surface area contributed by atoms with Crippen LogP contribution in [0.25, 0.3) is 0 Å². The molecule has 2 amide bonds. The van der Waals surface area contributed by atoms with Gasteiger partial charge in [0.2, 0.25) is 0 Å². The van der Waals surface area contributed by atoms with Crippen molar-refractivity contribution in [1.82, 2.24) is 0 Å². The molecule has 3 aromatic rings. The second-order valence-electron chi connectivity index (χ2n) is 6.62. The molecule has 0 radical (unpaired) electrons. The predicted molar refractivity (Wildman–Crippen MR) is 112 cm³/mol. The summed E-state index contributed by atoms with van der Waals surface area (Å²) in [4.78, 5) is 38.0. The summed E-state index contributed by atoms with van der Waals surface area (Å²) in [5.41, 5.74) is 5.23. The molecule has 0 bridgehead atoms. The molecule has 2 heterocycles. The predicted octanol–water partition coefficient (Wildman–Crippen LogP) is 3.89. The highest BCUT2D eigenvalue weighted by Gasteiger charge is 2.26. The minimum atomic E-state index is -0.536. The van der Waals surface area contributed by atoms with Crippen LogP contribution in [0.3, 0.4) is 0 Å². The van der Waals surface area contributed by atoms with E-state index in [1.807, 2.05) is 55.5 Å². The average molecular weight is 383 g/mol. The van der Waals surface area contributed by atoms with Gasteiger partial charge in [0.1, 0.15) is 5.71 Å². The first-order valence-electron chi connectivity index (χ1n) is 9.04. The highest BCUT2D eigenvalue weighted by molar-refractivity contribution is 6.54. The highest BCUT2D eigenvalue weighted by atomic mass is 16.2. The standard InChI is InChI=1S/C15H12N2O.C8H5NO2/c1-10-6-8-11(9-7-10)16-14-12-4-2-3-5-13(12)17-15(14)18;10-7-5-3-1-2-4-6(5)9-8(7)11/h2-9H,1H3,(H,16,17,18);1-4H,(H,9,10,11). The van der Waals surface area contributed by atoms with Crippen LogP contribution in [0, 0.1) is 6.92 Å². The van der Waals surface area contributed by atoms with Crippen LogP contribution in [-0.2, 0) is 9.59 Å². The fourth-order valence-electron chi connectivity index (χ4n) is 3.05. The fraction of sp³-hybridized carbons (Fsp3) is 0.0435. The van der Waals surface area contributed by atoms with E-state index in [-0.39, 0.29) is 5.91 Å². The van der Waals surface area contributed by atoms with Crippen LogP contribution in [0.4, 0.5) is 17.1 Å². The minimum Gasteiger partial charge on any atom is -0.320 e. The van der Waals surface area contributed by atoms with E-state index in [2.05, 4.69) is 15.6 Å². The lowest BCUT2D eigenvalue weighted by molar-refractivity contribution is -0.112. The largest absolute Gasteiger partial charge is 0.320 e. The van der Waals surface area contributed by atoms with E-state index < -0.39 is 11.7 Å². The van der Waals surface area contributed by atoms with Crippen LogP contribution in [-0.4, -0.2) is 23.3 Å². The summed E-state index contributed by atoms with van der Waals surface area (Å²) in [7, 11) is 0. The molecule has 0 unspecified atom stereocenters. The van der Waals surface area contributed by atoms with Crippen molar-refractivity contribution < 1.29 is 14.4 Å². The Morgan fingerprint density at radius 2 is 1.21 bits per heavy atom. The number of rotatable bonds is 1. The maximum atomic E-state index is 11.9. The number of nitrogens with one attached hydrogen (secondary N) is 2. The van der Waals surface area contributed by atoms with Gasteiger partial charge < -0.3 is 10.6 Å². The van der Waals surface area contributed by atoms with Crippen molar-refractivity contribution in [3.8, 4) is 0 Å². The minimum absolute atomic E-state index is 0.142. The summed E-state index contributed by atoms with van der Waals surface area (Å²) in [6.07, 6.45) is 0. The van der Waals surface area contributed by atoms with Crippen LogP contribution in [0.5, 0.6) is 0 Å². The fourth-order valence-corrected chi connectivity index (χ4v) is 3.05. The van der Waals surface area contributed by atoms with E-state index in [0.29, 0.717) is 17.0 Å². The van der Waals surface area contributed by atoms with Crippen molar-refractivity contribution in [1.29, 1.82) is 0 Å². The van der Waals surface area contributed by atoms with Gasteiger partial charge in [-0.1, -0.05) is 48.0 Å². The number of para-hydroxylation sites is 2. The number of anilines is 2. The zero-order valence-corrected chi connectivity index (χ0v) is 15.6. The van der Waals surface area contributed by atoms with Crippen LogP contribution < -0.4 is 10.6 Å². The molecule has 142 valence electrons. The number of amides is 2. The number of aryl methyl sites for hydroxylation is 1. The molecule has 2 aliphatic rings. The zero-order valence-electron chi connectivity index (χ0n) is 15.6. The molecule has 2 aliphatic heterocycles. The number of carbonyl (C=O) groups excluding carboxylic acids is 3. The van der Waals surface area contributed by atoms with Crippen LogP contribution in [0.1, 0.15) is 21.5 Å². The molecule has 2 N–H and O–H groups in total. The molecule has 5 rings (SSSR count). The molecule has 0 aromatic heterocycles. The molecule has 0 saturated heterocycles. The van der Waals surface area contributed by atoms with Gasteiger partial charge in [0.05, 0.1) is 22.6 Å². The maximum absolute atomic E-state index is 11.9. The Morgan fingerprint density at radius 3 is 1.86 bits per heavy atom. The van der Waals surface area contributed by atoms with Crippen LogP contribution in [0.15, 0.2) is 77.8 Å². The van der Waals surface area contributed by atoms with E-state index in [9.17, 15) is 14.4 Å². The summed E-state index contributed by atoms with van der Waals surface area (Å²) in [6, 6.07) is 22.2. The second-order valence-corrected chi connectivity index (χ2v) is 6.62. The van der Waals surface area contributed by atoms with Crippen LogP contribution >= 0.6 is 0 Å². The number of ketones is 1. The van der Waals surface area contributed by atoms with Crippen molar-refractivity contribution in [2.75, 3.05) is 10.6 Å². The first-order chi connectivity index (χ1) is 14.0. The third-order valence-electron chi connectivity index (χ3n) is 4.55. The smallest absolute Gasteiger partial charge is 0.296 e. The molecular formula is C23H17N3O3. The Balaban J connectivity index is 0.000000159. The molecule has 0 fully saturated rings. The third-order valence-corrected chi connectivity index (χ3v) is 4.55. The lowest BCUT2D eigenvalue weighted by Crippen LogP contribution is -2.13. The van der Waals surface area contributed by atoms with Crippen LogP contribution in [0.2, 0.25) is 0 Å². The Kier molecular flexibility index (Phi) is 4.75. The SMILES string of the molecule is Cc1ccc(N=C2C(=O)Nc3ccccc32)cc1.O=C1Nc2ccccc2C1=O. The normalized spacial score (nSPS) is 15.2. The summed E-state index contributed by atoms with van der Waals surface area (Å²) in [5.74, 6) is -1.12. The number of aliphatic imine (C=N–C) groups is 1. The summed E-state index contributed by atoms with van der Waals surface area (Å²) in [6.45, 7) is 2.02. The Bertz CT molecular complexity index is 1160. The number of nitrogens with zero attached hydrogens (tertiary/aromatic N) is 1. The summed E-state index contributed by atoms with van der Waals surface area (Å²) < 4.78 is 0. The first-order valence-corrected chi connectivity index (χ1v) is 9.04. The summed E-state index contributed by atoms with van der Waals surface area (Å²) in [5, 5.41) is 5.27. The molecule has 3 aromatic carbocycles. The van der Waals surface area contributed by atoms with Gasteiger partial charge in [-0.25, -0.2) is 4.99 Å². The van der Waals surface area contributed by atoms with Gasteiger partial charge >= 0.3 is 0 Å². The molecule has 29 heavy (non-hydrogen) atoms. The number of Topliss-reactive ketones (excluding diaryl/α,β-unsaturated/α-hetero) is 1. The topological polar surface area (TPSA) is 87.6 Å². The van der Waals surface area contributed by atoms with E-state index in [4.69, 9.17) is 0 Å². The van der Waals surface area contributed by atoms with E-state index in [0.717, 1.165) is 16.9 Å². The van der Waals surface area contributed by atoms with Crippen molar-refractivity contribution in [3.63, 3.8) is 0 Å². The molecule has 0 spiro atoms. The van der Waals surface area contributed by atoms with Crippen molar-refractivity contribution in [3.05, 3.63) is 89.5 Å². The maximum Gasteiger partial charge on any atom is 0.296 e. The summed E-state index contributed by atoms with van der Waals surface area (Å²) >= 11 is 0. The monoisotopic (exact) mass is 383 g/mol. The Hall–Kier alpha value is -4.06. The van der Waals surface area contributed by atoms with E-state index >= 15 is 0 Å². The van der Waals surface area contributed by atoms with E-state index in [1.54, 1.807) is 24.3 Å². The third kappa shape index (κ3) is 3.68. The number of carbonyl (C=O) groups is 3. The van der Waals surface area contributed by atoms with Crippen molar-refractivity contribution in [2.24, 2.45) is 4.99 Å². The van der Waals surface area contributed by atoms with Gasteiger partial charge in [-0.3, -0.25) is 14.4 Å². The zero-order chi connectivity index (χ0) is 20.4. The molecule has 0 atom stereocenters. The number of benzene rings is 3. The lowest BCUT2D eigenvalue weighted by Gasteiger charge is -1.98. The Labute approximate surface area is 167 Å². The van der Waals surface area contributed by atoms with Crippen molar-refractivity contribution >= 4 is 40.4 Å². The Morgan fingerprint density at radius 1 is 0.655 bits per heavy atom. The van der Waals surface area contributed by atoms with Gasteiger partial charge in [0.25, 0.3) is 17.6 Å². The van der Waals surface area contributed by atoms with Gasteiger partial charge in [0, 0.05) is 5.56 Å². The quantitative estimate of drug-likeness (QED) is 0.625. The molecule has 6 nitrogen and oxygen atoms in total. The molecular weight excluding hydrogens is 366 g/mol. The van der Waals surface area contributed by atoms with Crippen molar-refractivity contribution in [2.45, 2.75) is 6.92 Å². The van der Waals surface area contributed by atoms with Gasteiger partial charge in [-0.2, -0.15) is 0 Å². The molecule has 0 saturated carbocycles. The molecule has 6 heteroatoms. The van der Waals surface area contributed by atoms with Gasteiger partial charge in [-0.15, -0.1) is 0 Å². The average Bonchev–Trinajstić information content (AvgIpc) is 3.20.